The van der Waals surface area contributed by atoms with Crippen molar-refractivity contribution in [1.82, 2.24) is 0 Å². The van der Waals surface area contributed by atoms with Gasteiger partial charge in [-0.05, 0) is 36.2 Å². The lowest BCUT2D eigenvalue weighted by molar-refractivity contribution is -0.140. The lowest BCUT2D eigenvalue weighted by Crippen LogP contribution is -2.19. The van der Waals surface area contributed by atoms with Gasteiger partial charge >= 0.3 is 5.97 Å². The summed E-state index contributed by atoms with van der Waals surface area (Å²) in [6, 6.07) is 17.4. The van der Waals surface area contributed by atoms with Crippen molar-refractivity contribution in [3.8, 4) is 5.75 Å². The van der Waals surface area contributed by atoms with Crippen LogP contribution >= 0.6 is 11.8 Å². The number of ether oxygens (including phenoxy) is 1. The second-order valence-corrected chi connectivity index (χ2v) is 5.80. The van der Waals surface area contributed by atoms with Crippen LogP contribution in [0.3, 0.4) is 0 Å². The molecule has 0 spiro atoms. The van der Waals surface area contributed by atoms with Gasteiger partial charge in [-0.2, -0.15) is 0 Å². The number of rotatable bonds is 7. The number of carboxylic acids is 1. The van der Waals surface area contributed by atoms with E-state index in [2.05, 4.69) is 0 Å². The number of hydrogen-bond acceptors (Lipinski definition) is 3. The van der Waals surface area contributed by atoms with E-state index in [9.17, 15) is 9.90 Å². The summed E-state index contributed by atoms with van der Waals surface area (Å²) in [4.78, 5) is 12.4. The summed E-state index contributed by atoms with van der Waals surface area (Å²) in [5, 5.41) is 9.36. The zero-order chi connectivity index (χ0) is 15.1. The maximum atomic E-state index is 11.4. The second-order valence-electron chi connectivity index (χ2n) is 4.71. The molecular formula is C17H18O3S. The van der Waals surface area contributed by atoms with Gasteiger partial charge in [0.05, 0.1) is 13.0 Å². The maximum Gasteiger partial charge on any atom is 0.307 e. The predicted octanol–water partition coefficient (Wildman–Crippen LogP) is 3.73. The molecule has 0 aliphatic heterocycles. The van der Waals surface area contributed by atoms with Gasteiger partial charge in [-0.3, -0.25) is 4.79 Å². The van der Waals surface area contributed by atoms with Crippen molar-refractivity contribution in [1.29, 1.82) is 0 Å². The van der Waals surface area contributed by atoms with E-state index in [4.69, 9.17) is 4.74 Å². The number of aliphatic carboxylic acids is 1. The Morgan fingerprint density at radius 1 is 1.14 bits per heavy atom. The highest BCUT2D eigenvalue weighted by molar-refractivity contribution is 7.99. The Morgan fingerprint density at radius 2 is 1.81 bits per heavy atom. The molecule has 0 radical (unpaired) electrons. The summed E-state index contributed by atoms with van der Waals surface area (Å²) in [6.45, 7) is 0. The van der Waals surface area contributed by atoms with E-state index in [1.54, 1.807) is 18.9 Å². The molecule has 1 N–H and O–H groups in total. The molecule has 21 heavy (non-hydrogen) atoms. The lowest BCUT2D eigenvalue weighted by atomic mass is 10.0. The largest absolute Gasteiger partial charge is 0.497 e. The van der Waals surface area contributed by atoms with Gasteiger partial charge in [0, 0.05) is 10.6 Å². The molecule has 2 aromatic rings. The fourth-order valence-electron chi connectivity index (χ4n) is 1.98. The molecule has 0 aliphatic rings. The van der Waals surface area contributed by atoms with Crippen molar-refractivity contribution >= 4 is 17.7 Å². The van der Waals surface area contributed by atoms with Gasteiger partial charge in [0.2, 0.25) is 0 Å². The number of benzene rings is 2. The fourth-order valence-corrected chi connectivity index (χ4v) is 2.97. The van der Waals surface area contributed by atoms with Crippen LogP contribution < -0.4 is 4.74 Å². The highest BCUT2D eigenvalue weighted by Gasteiger charge is 2.18. The molecule has 4 heteroatoms. The molecule has 0 fully saturated rings. The number of thioether (sulfide) groups is 1. The molecule has 110 valence electrons. The highest BCUT2D eigenvalue weighted by atomic mass is 32.2. The van der Waals surface area contributed by atoms with E-state index in [1.807, 2.05) is 54.6 Å². The van der Waals surface area contributed by atoms with Crippen LogP contribution in [0.2, 0.25) is 0 Å². The van der Waals surface area contributed by atoms with Crippen LogP contribution in [0, 0.1) is 5.92 Å². The fraction of sp³-hybridized carbons (Fsp3) is 0.235. The zero-order valence-corrected chi connectivity index (χ0v) is 12.7. The van der Waals surface area contributed by atoms with Gasteiger partial charge in [0.1, 0.15) is 5.75 Å². The molecule has 2 rings (SSSR count). The zero-order valence-electron chi connectivity index (χ0n) is 11.9. The Morgan fingerprint density at radius 3 is 2.38 bits per heavy atom. The minimum atomic E-state index is -0.750. The Bertz CT molecular complexity index is 566. The van der Waals surface area contributed by atoms with Gasteiger partial charge in [0.25, 0.3) is 0 Å². The van der Waals surface area contributed by atoms with Crippen LogP contribution in [0.4, 0.5) is 0 Å². The van der Waals surface area contributed by atoms with E-state index in [-0.39, 0.29) is 5.92 Å². The average molecular weight is 302 g/mol. The molecule has 0 saturated carbocycles. The molecule has 0 bridgehead atoms. The van der Waals surface area contributed by atoms with Crippen LogP contribution in [0.15, 0.2) is 59.5 Å². The third-order valence-electron chi connectivity index (χ3n) is 3.18. The lowest BCUT2D eigenvalue weighted by Gasteiger charge is -2.12. The SMILES string of the molecule is COc1ccc(SCC(Cc2ccccc2)C(=O)O)cc1. The molecule has 0 aliphatic carbocycles. The molecule has 0 amide bonds. The number of methoxy groups -OCH3 is 1. The maximum absolute atomic E-state index is 11.4. The molecule has 0 saturated heterocycles. The first kappa shape index (κ1) is 15.4. The summed E-state index contributed by atoms with van der Waals surface area (Å²) in [7, 11) is 1.63. The summed E-state index contributed by atoms with van der Waals surface area (Å²) >= 11 is 1.56. The molecular weight excluding hydrogens is 284 g/mol. The second kappa shape index (κ2) is 7.74. The van der Waals surface area contributed by atoms with Gasteiger partial charge in [-0.15, -0.1) is 11.8 Å². The number of hydrogen-bond donors (Lipinski definition) is 1. The Hall–Kier alpha value is -1.94. The predicted molar refractivity (Wildman–Crippen MR) is 85.0 cm³/mol. The topological polar surface area (TPSA) is 46.5 Å². The van der Waals surface area contributed by atoms with E-state index in [1.165, 1.54) is 0 Å². The van der Waals surface area contributed by atoms with Gasteiger partial charge in [0.15, 0.2) is 0 Å². The molecule has 1 atom stereocenters. The molecule has 2 aromatic carbocycles. The Kier molecular flexibility index (Phi) is 5.69. The number of carbonyl (C=O) groups is 1. The van der Waals surface area contributed by atoms with Crippen molar-refractivity contribution in [3.05, 3.63) is 60.2 Å². The standard InChI is InChI=1S/C17H18O3S/c1-20-15-7-9-16(10-8-15)21-12-14(17(18)19)11-13-5-3-2-4-6-13/h2-10,14H,11-12H2,1H3,(H,18,19). The van der Waals surface area contributed by atoms with Crippen LogP contribution in [0.25, 0.3) is 0 Å². The van der Waals surface area contributed by atoms with Crippen molar-refractivity contribution in [2.75, 3.05) is 12.9 Å². The Balaban J connectivity index is 1.95. The third-order valence-corrected chi connectivity index (χ3v) is 4.36. The average Bonchev–Trinajstić information content (AvgIpc) is 2.52. The molecule has 0 aromatic heterocycles. The first-order valence-corrected chi connectivity index (χ1v) is 7.71. The quantitative estimate of drug-likeness (QED) is 0.792. The van der Waals surface area contributed by atoms with Gasteiger partial charge in [-0.1, -0.05) is 30.3 Å². The molecule has 0 heterocycles. The third kappa shape index (κ3) is 4.83. The number of carboxylic acid groups (broad SMARTS) is 1. The van der Waals surface area contributed by atoms with Crippen LogP contribution in [-0.4, -0.2) is 23.9 Å². The minimum absolute atomic E-state index is 0.389. The van der Waals surface area contributed by atoms with Crippen LogP contribution in [0.1, 0.15) is 5.56 Å². The first-order valence-electron chi connectivity index (χ1n) is 6.72. The van der Waals surface area contributed by atoms with Crippen molar-refractivity contribution in [2.24, 2.45) is 5.92 Å². The van der Waals surface area contributed by atoms with Crippen molar-refractivity contribution in [2.45, 2.75) is 11.3 Å². The molecule has 3 nitrogen and oxygen atoms in total. The smallest absolute Gasteiger partial charge is 0.307 e. The van der Waals surface area contributed by atoms with Crippen molar-refractivity contribution in [3.63, 3.8) is 0 Å². The van der Waals surface area contributed by atoms with Crippen LogP contribution in [-0.2, 0) is 11.2 Å². The van der Waals surface area contributed by atoms with Crippen LogP contribution in [0.5, 0.6) is 5.75 Å². The highest BCUT2D eigenvalue weighted by Crippen LogP contribution is 2.25. The summed E-state index contributed by atoms with van der Waals surface area (Å²) in [6.07, 6.45) is 0.555. The monoisotopic (exact) mass is 302 g/mol. The van der Waals surface area contributed by atoms with Gasteiger partial charge < -0.3 is 9.84 Å². The summed E-state index contributed by atoms with van der Waals surface area (Å²) in [5.74, 6) is 0.217. The minimum Gasteiger partial charge on any atom is -0.497 e. The normalized spacial score (nSPS) is 11.9. The van der Waals surface area contributed by atoms with E-state index in [0.29, 0.717) is 12.2 Å². The van der Waals surface area contributed by atoms with Crippen molar-refractivity contribution < 1.29 is 14.6 Å². The summed E-state index contributed by atoms with van der Waals surface area (Å²) in [5.41, 5.74) is 1.06. The van der Waals surface area contributed by atoms with E-state index in [0.717, 1.165) is 16.2 Å². The summed E-state index contributed by atoms with van der Waals surface area (Å²) < 4.78 is 5.11. The van der Waals surface area contributed by atoms with E-state index >= 15 is 0 Å². The van der Waals surface area contributed by atoms with E-state index < -0.39 is 5.97 Å². The Labute approximate surface area is 129 Å². The molecule has 1 unspecified atom stereocenters. The van der Waals surface area contributed by atoms with Gasteiger partial charge in [-0.25, -0.2) is 0 Å². The first-order chi connectivity index (χ1) is 10.2.